The lowest BCUT2D eigenvalue weighted by atomic mass is 10.2. The molecule has 2 N–H and O–H groups in total. The first-order valence-corrected chi connectivity index (χ1v) is 5.85. The van der Waals surface area contributed by atoms with E-state index in [2.05, 4.69) is 15.5 Å². The van der Waals surface area contributed by atoms with Crippen LogP contribution in [-0.4, -0.2) is 13.0 Å². The van der Waals surface area contributed by atoms with Crippen molar-refractivity contribution in [1.82, 2.24) is 0 Å². The Balaban J connectivity index is 2.19. The van der Waals surface area contributed by atoms with Crippen molar-refractivity contribution in [2.45, 2.75) is 0 Å². The maximum absolute atomic E-state index is 12.0. The number of aromatic nitrogens is 1. The van der Waals surface area contributed by atoms with Gasteiger partial charge in [0.05, 0.1) is 7.11 Å². The Hall–Kier alpha value is -2.28. The van der Waals surface area contributed by atoms with Crippen LogP contribution in [0.5, 0.6) is 5.75 Å². The molecule has 0 aliphatic carbocycles. The number of aromatic amines is 1. The normalized spacial score (nSPS) is 9.83. The third-order valence-electron chi connectivity index (χ3n) is 2.20. The molecule has 0 saturated heterocycles. The second-order valence-corrected chi connectivity index (χ2v) is 4.33. The summed E-state index contributed by atoms with van der Waals surface area (Å²) in [5, 5.41) is 6.11. The van der Waals surface area contributed by atoms with E-state index in [4.69, 9.17) is 4.74 Å². The largest absolute Gasteiger partial charge is 0.496 e. The zero-order valence-corrected chi connectivity index (χ0v) is 10.3. The van der Waals surface area contributed by atoms with Gasteiger partial charge in [0.2, 0.25) is 5.00 Å². The van der Waals surface area contributed by atoms with Gasteiger partial charge in [-0.3, -0.25) is 0 Å². The lowest BCUT2D eigenvalue weighted by Crippen LogP contribution is -2.17. The molecular formula is C11H10N3O3S+. The highest BCUT2D eigenvalue weighted by Gasteiger charge is 2.18. The first-order chi connectivity index (χ1) is 8.74. The number of hydrogen-bond acceptors (Lipinski definition) is 5. The van der Waals surface area contributed by atoms with Gasteiger partial charge >= 0.3 is 11.0 Å². The summed E-state index contributed by atoms with van der Waals surface area (Å²) in [6, 6.07) is 6.88. The SMILES string of the molecule is COc1ccccc1C(=O)Nc1[nH+]cc(N=O)s1. The van der Waals surface area contributed by atoms with Crippen molar-refractivity contribution in [3.05, 3.63) is 40.9 Å². The second kappa shape index (κ2) is 5.37. The summed E-state index contributed by atoms with van der Waals surface area (Å²) in [7, 11) is 1.50. The first kappa shape index (κ1) is 12.2. The molecule has 2 rings (SSSR count). The Morgan fingerprint density at radius 2 is 2.22 bits per heavy atom. The van der Waals surface area contributed by atoms with Gasteiger partial charge in [-0.1, -0.05) is 12.1 Å². The highest BCUT2D eigenvalue weighted by Crippen LogP contribution is 2.24. The lowest BCUT2D eigenvalue weighted by molar-refractivity contribution is -0.353. The molecule has 0 aliphatic heterocycles. The van der Waals surface area contributed by atoms with Gasteiger partial charge in [0.1, 0.15) is 17.5 Å². The van der Waals surface area contributed by atoms with Gasteiger partial charge in [-0.25, -0.2) is 9.78 Å². The van der Waals surface area contributed by atoms with Crippen LogP contribution in [-0.2, 0) is 0 Å². The van der Waals surface area contributed by atoms with Gasteiger partial charge in [-0.2, -0.15) is 5.32 Å². The number of methoxy groups -OCH3 is 1. The zero-order valence-electron chi connectivity index (χ0n) is 9.47. The molecule has 2 aromatic rings. The second-order valence-electron chi connectivity index (χ2n) is 3.30. The molecule has 0 unspecified atom stereocenters. The van der Waals surface area contributed by atoms with Gasteiger partial charge in [0.25, 0.3) is 0 Å². The number of benzene rings is 1. The van der Waals surface area contributed by atoms with Crippen LogP contribution < -0.4 is 15.0 Å². The van der Waals surface area contributed by atoms with E-state index in [0.717, 1.165) is 11.3 Å². The molecule has 0 saturated carbocycles. The van der Waals surface area contributed by atoms with Crippen LogP contribution in [0.4, 0.5) is 10.1 Å². The smallest absolute Gasteiger partial charge is 0.343 e. The maximum atomic E-state index is 12.0. The highest BCUT2D eigenvalue weighted by molar-refractivity contribution is 7.18. The number of anilines is 1. The molecule has 0 bridgehead atoms. The third-order valence-corrected chi connectivity index (χ3v) is 3.03. The van der Waals surface area contributed by atoms with Crippen LogP contribution in [0.25, 0.3) is 0 Å². The summed E-state index contributed by atoms with van der Waals surface area (Å²) in [6.45, 7) is 0. The summed E-state index contributed by atoms with van der Waals surface area (Å²) in [5.74, 6) is 0.170. The molecule has 1 heterocycles. The number of para-hydroxylation sites is 1. The van der Waals surface area contributed by atoms with Crippen molar-refractivity contribution in [2.75, 3.05) is 12.4 Å². The summed E-state index contributed by atoms with van der Waals surface area (Å²) < 4.78 is 5.09. The quantitative estimate of drug-likeness (QED) is 0.859. The minimum Gasteiger partial charge on any atom is -0.496 e. The van der Waals surface area contributed by atoms with Crippen molar-refractivity contribution in [1.29, 1.82) is 0 Å². The van der Waals surface area contributed by atoms with Gasteiger partial charge < -0.3 is 4.74 Å². The van der Waals surface area contributed by atoms with E-state index >= 15 is 0 Å². The summed E-state index contributed by atoms with van der Waals surface area (Å²) in [6.07, 6.45) is 1.43. The lowest BCUT2D eigenvalue weighted by Gasteiger charge is -2.03. The van der Waals surface area contributed by atoms with Crippen LogP contribution in [0.3, 0.4) is 0 Å². The summed E-state index contributed by atoms with van der Waals surface area (Å²) in [4.78, 5) is 25.0. The molecule has 6 nitrogen and oxygen atoms in total. The minimum absolute atomic E-state index is 0.269. The molecule has 1 aromatic heterocycles. The van der Waals surface area contributed by atoms with Crippen LogP contribution in [0, 0.1) is 4.91 Å². The van der Waals surface area contributed by atoms with E-state index in [9.17, 15) is 9.70 Å². The van der Waals surface area contributed by atoms with Crippen LogP contribution >= 0.6 is 11.3 Å². The van der Waals surface area contributed by atoms with Gasteiger partial charge in [0.15, 0.2) is 0 Å². The van der Waals surface area contributed by atoms with Gasteiger partial charge in [0, 0.05) is 0 Å². The van der Waals surface area contributed by atoms with Crippen molar-refractivity contribution in [3.8, 4) is 5.75 Å². The summed E-state index contributed by atoms with van der Waals surface area (Å²) >= 11 is 1.06. The monoisotopic (exact) mass is 264 g/mol. The van der Waals surface area contributed by atoms with E-state index in [1.807, 2.05) is 0 Å². The van der Waals surface area contributed by atoms with Gasteiger partial charge in [-0.05, 0) is 28.6 Å². The van der Waals surface area contributed by atoms with E-state index in [1.54, 1.807) is 24.3 Å². The molecule has 0 spiro atoms. The van der Waals surface area contributed by atoms with Crippen molar-refractivity contribution < 1.29 is 14.5 Å². The number of amides is 1. The maximum Gasteiger partial charge on any atom is 0.343 e. The molecule has 0 fully saturated rings. The molecular weight excluding hydrogens is 254 g/mol. The van der Waals surface area contributed by atoms with Crippen molar-refractivity contribution in [2.24, 2.45) is 5.18 Å². The molecule has 7 heteroatoms. The predicted octanol–water partition coefficient (Wildman–Crippen LogP) is 2.22. The predicted molar refractivity (Wildman–Crippen MR) is 67.3 cm³/mol. The Morgan fingerprint density at radius 1 is 1.44 bits per heavy atom. The minimum atomic E-state index is -0.317. The number of carbonyl (C=O) groups excluding carboxylic acids is 1. The Labute approximate surface area is 107 Å². The molecule has 1 aromatic carbocycles. The number of nitroso groups, excluding NO2 is 1. The van der Waals surface area contributed by atoms with E-state index < -0.39 is 0 Å². The number of nitrogens with zero attached hydrogens (tertiary/aromatic N) is 1. The molecule has 0 radical (unpaired) electrons. The van der Waals surface area contributed by atoms with E-state index in [0.29, 0.717) is 16.4 Å². The third kappa shape index (κ3) is 2.51. The van der Waals surface area contributed by atoms with Crippen LogP contribution in [0.1, 0.15) is 10.4 Å². The molecule has 0 atom stereocenters. The number of nitrogens with one attached hydrogen (secondary N) is 2. The van der Waals surface area contributed by atoms with E-state index in [-0.39, 0.29) is 10.9 Å². The number of rotatable bonds is 4. The highest BCUT2D eigenvalue weighted by atomic mass is 32.1. The topological polar surface area (TPSA) is 81.9 Å². The molecule has 0 aliphatic rings. The number of thiazole rings is 1. The van der Waals surface area contributed by atoms with Crippen LogP contribution in [0.15, 0.2) is 35.6 Å². The molecule has 18 heavy (non-hydrogen) atoms. The molecule has 92 valence electrons. The van der Waals surface area contributed by atoms with E-state index in [1.165, 1.54) is 13.3 Å². The number of hydrogen-bond donors (Lipinski definition) is 1. The Kier molecular flexibility index (Phi) is 3.63. The average molecular weight is 264 g/mol. The van der Waals surface area contributed by atoms with Crippen molar-refractivity contribution >= 4 is 27.4 Å². The van der Waals surface area contributed by atoms with Crippen molar-refractivity contribution in [3.63, 3.8) is 0 Å². The zero-order chi connectivity index (χ0) is 13.0. The Bertz CT molecular complexity index is 582. The fourth-order valence-electron chi connectivity index (χ4n) is 1.40. The van der Waals surface area contributed by atoms with Gasteiger partial charge in [-0.15, -0.1) is 4.91 Å². The number of H-pyrrole nitrogens is 1. The fourth-order valence-corrected chi connectivity index (χ4v) is 2.03. The standard InChI is InChI=1S/C11H9N3O3S/c1-17-8-5-3-2-4-7(8)10(15)13-11-12-6-9(14-16)18-11/h2-6H,1H3,(H,12,13,15)/p+1. The number of carbonyl (C=O) groups is 1. The summed E-state index contributed by atoms with van der Waals surface area (Å²) in [5.41, 5.74) is 0.419. The molecule has 1 amide bonds. The first-order valence-electron chi connectivity index (χ1n) is 5.04. The average Bonchev–Trinajstić information content (AvgIpc) is 2.86. The Morgan fingerprint density at radius 3 is 2.89 bits per heavy atom. The number of ether oxygens (including phenoxy) is 1. The fraction of sp³-hybridized carbons (Fsp3) is 0.0909. The van der Waals surface area contributed by atoms with Crippen LogP contribution in [0.2, 0.25) is 0 Å².